The summed E-state index contributed by atoms with van der Waals surface area (Å²) in [6.07, 6.45) is 0. The summed E-state index contributed by atoms with van der Waals surface area (Å²) in [6, 6.07) is 3.48. The Labute approximate surface area is 113 Å². The summed E-state index contributed by atoms with van der Waals surface area (Å²) in [6.45, 7) is 0.493. The molecular formula is C10H13BrN6O. The summed E-state index contributed by atoms with van der Waals surface area (Å²) in [5.41, 5.74) is 6.45. The van der Waals surface area contributed by atoms with Gasteiger partial charge in [-0.25, -0.2) is 9.67 Å². The number of hydrogen-bond acceptors (Lipinski definition) is 6. The fourth-order valence-electron chi connectivity index (χ4n) is 1.47. The molecule has 2 aromatic rings. The largest absolute Gasteiger partial charge is 0.481 e. The van der Waals surface area contributed by atoms with E-state index in [1.165, 1.54) is 0 Å². The van der Waals surface area contributed by atoms with Crippen molar-refractivity contribution in [3.05, 3.63) is 22.4 Å². The summed E-state index contributed by atoms with van der Waals surface area (Å²) in [4.78, 5) is 8.21. The predicted molar refractivity (Wildman–Crippen MR) is 71.2 cm³/mol. The van der Waals surface area contributed by atoms with Crippen LogP contribution in [0.5, 0.6) is 5.88 Å². The molecule has 8 heteroatoms. The van der Waals surface area contributed by atoms with Gasteiger partial charge in [0.05, 0.1) is 19.3 Å². The molecule has 0 aliphatic rings. The van der Waals surface area contributed by atoms with E-state index in [1.54, 1.807) is 17.9 Å². The fourth-order valence-corrected chi connectivity index (χ4v) is 1.87. The molecular weight excluding hydrogens is 300 g/mol. The second-order valence-electron chi connectivity index (χ2n) is 3.59. The van der Waals surface area contributed by atoms with Crippen molar-refractivity contribution >= 4 is 27.7 Å². The molecule has 0 amide bonds. The predicted octanol–water partition coefficient (Wildman–Crippen LogP) is 1.18. The van der Waals surface area contributed by atoms with E-state index in [0.29, 0.717) is 28.8 Å². The van der Waals surface area contributed by atoms with Crippen LogP contribution in [0.25, 0.3) is 0 Å². The monoisotopic (exact) mass is 312 g/mol. The van der Waals surface area contributed by atoms with Gasteiger partial charge < -0.3 is 15.8 Å². The Bertz CT molecular complexity index is 535. The third kappa shape index (κ3) is 2.89. The molecule has 0 aromatic carbocycles. The van der Waals surface area contributed by atoms with E-state index in [9.17, 15) is 0 Å². The minimum Gasteiger partial charge on any atom is -0.481 e. The first-order chi connectivity index (χ1) is 8.58. The molecule has 0 aliphatic heterocycles. The summed E-state index contributed by atoms with van der Waals surface area (Å²) in [5, 5.41) is 7.32. The van der Waals surface area contributed by atoms with E-state index in [0.717, 1.165) is 5.69 Å². The van der Waals surface area contributed by atoms with Crippen molar-refractivity contribution in [2.45, 2.75) is 6.54 Å². The Morgan fingerprint density at radius 2 is 2.22 bits per heavy atom. The highest BCUT2D eigenvalue weighted by Crippen LogP contribution is 2.14. The number of nitrogen functional groups attached to an aromatic ring is 1. The Kier molecular flexibility index (Phi) is 3.66. The molecule has 0 aliphatic carbocycles. The van der Waals surface area contributed by atoms with E-state index < -0.39 is 0 Å². The van der Waals surface area contributed by atoms with Crippen LogP contribution in [0.2, 0.25) is 0 Å². The van der Waals surface area contributed by atoms with Gasteiger partial charge in [0.1, 0.15) is 10.4 Å². The van der Waals surface area contributed by atoms with Gasteiger partial charge in [-0.05, 0) is 15.9 Å². The normalized spacial score (nSPS) is 10.4. The van der Waals surface area contributed by atoms with Crippen molar-refractivity contribution in [3.8, 4) is 5.88 Å². The summed E-state index contributed by atoms with van der Waals surface area (Å²) in [7, 11) is 3.42. The van der Waals surface area contributed by atoms with Crippen molar-refractivity contribution in [2.75, 3.05) is 18.2 Å². The number of hydrogen-bond donors (Lipinski definition) is 2. The van der Waals surface area contributed by atoms with E-state index in [-0.39, 0.29) is 0 Å². The van der Waals surface area contributed by atoms with Gasteiger partial charge in [0.15, 0.2) is 0 Å². The van der Waals surface area contributed by atoms with Gasteiger partial charge in [-0.15, -0.1) is 0 Å². The molecule has 0 unspecified atom stereocenters. The lowest BCUT2D eigenvalue weighted by molar-refractivity contribution is 0.373. The van der Waals surface area contributed by atoms with Crippen molar-refractivity contribution < 1.29 is 4.74 Å². The van der Waals surface area contributed by atoms with Gasteiger partial charge in [-0.3, -0.25) is 0 Å². The zero-order valence-corrected chi connectivity index (χ0v) is 11.6. The van der Waals surface area contributed by atoms with Crippen molar-refractivity contribution in [3.63, 3.8) is 0 Å². The molecule has 0 radical (unpaired) electrons. The molecule has 7 nitrogen and oxygen atoms in total. The van der Waals surface area contributed by atoms with Crippen LogP contribution in [-0.2, 0) is 13.6 Å². The van der Waals surface area contributed by atoms with Crippen LogP contribution in [0.4, 0.5) is 11.8 Å². The van der Waals surface area contributed by atoms with Crippen LogP contribution >= 0.6 is 15.9 Å². The highest BCUT2D eigenvalue weighted by molar-refractivity contribution is 9.10. The van der Waals surface area contributed by atoms with Crippen LogP contribution in [0.1, 0.15) is 5.69 Å². The molecule has 0 spiro atoms. The topological polar surface area (TPSA) is 90.9 Å². The average molecular weight is 313 g/mol. The SMILES string of the molecule is COc1cc(CNc2nc(N)cc(Br)n2)nn1C. The zero-order chi connectivity index (χ0) is 13.1. The first-order valence-electron chi connectivity index (χ1n) is 5.19. The fraction of sp³-hybridized carbons (Fsp3) is 0.300. The van der Waals surface area contributed by atoms with Crippen LogP contribution < -0.4 is 15.8 Å². The lowest BCUT2D eigenvalue weighted by Gasteiger charge is -2.03. The van der Waals surface area contributed by atoms with Gasteiger partial charge in [0.2, 0.25) is 11.8 Å². The number of methoxy groups -OCH3 is 1. The van der Waals surface area contributed by atoms with Crippen LogP contribution in [0.15, 0.2) is 16.7 Å². The van der Waals surface area contributed by atoms with Gasteiger partial charge >= 0.3 is 0 Å². The van der Waals surface area contributed by atoms with Crippen LogP contribution in [0, 0.1) is 0 Å². The maximum Gasteiger partial charge on any atom is 0.226 e. The molecule has 96 valence electrons. The number of aryl methyl sites for hydroxylation is 1. The molecule has 2 heterocycles. The molecule has 0 fully saturated rings. The van der Waals surface area contributed by atoms with Crippen LogP contribution in [0.3, 0.4) is 0 Å². The first kappa shape index (κ1) is 12.6. The molecule has 0 saturated carbocycles. The van der Waals surface area contributed by atoms with E-state index >= 15 is 0 Å². The smallest absolute Gasteiger partial charge is 0.226 e. The summed E-state index contributed by atoms with van der Waals surface area (Å²) in [5.74, 6) is 1.55. The number of nitrogens with zero attached hydrogens (tertiary/aromatic N) is 4. The summed E-state index contributed by atoms with van der Waals surface area (Å²) >= 11 is 3.26. The van der Waals surface area contributed by atoms with Crippen LogP contribution in [-0.4, -0.2) is 26.9 Å². The van der Waals surface area contributed by atoms with Crippen molar-refractivity contribution in [1.82, 2.24) is 19.7 Å². The van der Waals surface area contributed by atoms with Crippen molar-refractivity contribution in [1.29, 1.82) is 0 Å². The molecule has 2 aromatic heterocycles. The number of ether oxygens (including phenoxy) is 1. The Balaban J connectivity index is 2.06. The number of aromatic nitrogens is 4. The molecule has 3 N–H and O–H groups in total. The van der Waals surface area contributed by atoms with Gasteiger partial charge in [-0.1, -0.05) is 0 Å². The minimum absolute atomic E-state index is 0.401. The number of nitrogens with two attached hydrogens (primary N) is 1. The Hall–Kier alpha value is -1.83. The van der Waals surface area contributed by atoms with Gasteiger partial charge in [0.25, 0.3) is 0 Å². The average Bonchev–Trinajstić information content (AvgIpc) is 2.66. The second-order valence-corrected chi connectivity index (χ2v) is 4.41. The first-order valence-corrected chi connectivity index (χ1v) is 5.98. The minimum atomic E-state index is 0.401. The number of halogens is 1. The maximum atomic E-state index is 5.62. The highest BCUT2D eigenvalue weighted by atomic mass is 79.9. The van der Waals surface area contributed by atoms with Gasteiger partial charge in [-0.2, -0.15) is 10.1 Å². The molecule has 18 heavy (non-hydrogen) atoms. The number of rotatable bonds is 4. The van der Waals surface area contributed by atoms with E-state index in [2.05, 4.69) is 36.3 Å². The number of anilines is 2. The standard InChI is InChI=1S/C10H13BrN6O/c1-17-9(18-2)3-6(16-17)5-13-10-14-7(11)4-8(12)15-10/h3-4H,5H2,1-2H3,(H3,12,13,14,15). The number of nitrogens with one attached hydrogen (secondary N) is 1. The third-order valence-corrected chi connectivity index (χ3v) is 2.65. The van der Waals surface area contributed by atoms with E-state index in [1.807, 2.05) is 13.1 Å². The molecule has 0 atom stereocenters. The van der Waals surface area contributed by atoms with Crippen molar-refractivity contribution in [2.24, 2.45) is 7.05 Å². The zero-order valence-electron chi connectivity index (χ0n) is 10.0. The molecule has 0 saturated heterocycles. The third-order valence-electron chi connectivity index (χ3n) is 2.24. The quantitative estimate of drug-likeness (QED) is 0.824. The molecule has 0 bridgehead atoms. The highest BCUT2D eigenvalue weighted by Gasteiger charge is 2.06. The maximum absolute atomic E-state index is 5.62. The lowest BCUT2D eigenvalue weighted by atomic mass is 10.4. The summed E-state index contributed by atoms with van der Waals surface area (Å²) < 4.78 is 7.42. The Morgan fingerprint density at radius 1 is 1.44 bits per heavy atom. The molecule has 2 rings (SSSR count). The van der Waals surface area contributed by atoms with E-state index in [4.69, 9.17) is 10.5 Å². The second kappa shape index (κ2) is 5.21. The Morgan fingerprint density at radius 3 is 2.83 bits per heavy atom. The lowest BCUT2D eigenvalue weighted by Crippen LogP contribution is -2.06. The van der Waals surface area contributed by atoms with Gasteiger partial charge in [0, 0.05) is 19.2 Å².